The third-order valence-electron chi connectivity index (χ3n) is 4.23. The minimum atomic E-state index is 0.179. The van der Waals surface area contributed by atoms with Crippen LogP contribution in [-0.2, 0) is 4.74 Å². The quantitative estimate of drug-likeness (QED) is 0.766. The topological polar surface area (TPSA) is 21.3 Å². The first-order chi connectivity index (χ1) is 9.65. The highest BCUT2D eigenvalue weighted by molar-refractivity contribution is 5.23. The Labute approximate surface area is 123 Å². The maximum absolute atomic E-state index is 6.16. The van der Waals surface area contributed by atoms with E-state index in [9.17, 15) is 0 Å². The van der Waals surface area contributed by atoms with Gasteiger partial charge in [0.15, 0.2) is 0 Å². The molecule has 0 bridgehead atoms. The Morgan fingerprint density at radius 2 is 1.90 bits per heavy atom. The van der Waals surface area contributed by atoms with Gasteiger partial charge in [-0.15, -0.1) is 0 Å². The van der Waals surface area contributed by atoms with E-state index in [0.717, 1.165) is 19.1 Å². The van der Waals surface area contributed by atoms with Gasteiger partial charge in [-0.2, -0.15) is 0 Å². The zero-order valence-corrected chi connectivity index (χ0v) is 13.2. The highest BCUT2D eigenvalue weighted by Crippen LogP contribution is 2.30. The van der Waals surface area contributed by atoms with Crippen LogP contribution in [0, 0.1) is 12.8 Å². The van der Waals surface area contributed by atoms with Gasteiger partial charge in [-0.05, 0) is 24.8 Å². The fourth-order valence-corrected chi connectivity index (χ4v) is 2.56. The summed E-state index contributed by atoms with van der Waals surface area (Å²) in [4.78, 5) is 0. The second-order valence-corrected chi connectivity index (χ2v) is 6.42. The first-order valence-electron chi connectivity index (χ1n) is 8.06. The summed E-state index contributed by atoms with van der Waals surface area (Å²) in [7, 11) is 0. The lowest BCUT2D eigenvalue weighted by Crippen LogP contribution is -2.29. The van der Waals surface area contributed by atoms with Gasteiger partial charge in [0.2, 0.25) is 0 Å². The molecule has 1 aliphatic rings. The Morgan fingerprint density at radius 1 is 1.20 bits per heavy atom. The third-order valence-corrected chi connectivity index (χ3v) is 4.23. The third kappa shape index (κ3) is 4.92. The predicted molar refractivity (Wildman–Crippen MR) is 85.0 cm³/mol. The second kappa shape index (κ2) is 7.80. The zero-order valence-electron chi connectivity index (χ0n) is 13.2. The molecular formula is C18H29NO. The van der Waals surface area contributed by atoms with E-state index >= 15 is 0 Å². The van der Waals surface area contributed by atoms with Crippen molar-refractivity contribution in [2.45, 2.75) is 58.6 Å². The van der Waals surface area contributed by atoms with Gasteiger partial charge in [0.25, 0.3) is 0 Å². The molecule has 112 valence electrons. The SMILES string of the molecule is Cc1ccc(C(CNC(C)C)OCCC2CCC2)cc1. The first-order valence-corrected chi connectivity index (χ1v) is 8.06. The minimum Gasteiger partial charge on any atom is -0.372 e. The molecule has 20 heavy (non-hydrogen) atoms. The van der Waals surface area contributed by atoms with Crippen LogP contribution in [0.4, 0.5) is 0 Å². The van der Waals surface area contributed by atoms with Crippen molar-refractivity contribution in [3.8, 4) is 0 Å². The van der Waals surface area contributed by atoms with Crippen LogP contribution in [-0.4, -0.2) is 19.2 Å². The average Bonchev–Trinajstić information content (AvgIpc) is 2.37. The van der Waals surface area contributed by atoms with E-state index in [1.807, 2.05) is 0 Å². The van der Waals surface area contributed by atoms with E-state index in [1.54, 1.807) is 0 Å². The monoisotopic (exact) mass is 275 g/mol. The van der Waals surface area contributed by atoms with Gasteiger partial charge in [-0.1, -0.05) is 62.9 Å². The fourth-order valence-electron chi connectivity index (χ4n) is 2.56. The zero-order chi connectivity index (χ0) is 14.4. The average molecular weight is 275 g/mol. The lowest BCUT2D eigenvalue weighted by molar-refractivity contribution is 0.0361. The number of hydrogen-bond donors (Lipinski definition) is 1. The maximum Gasteiger partial charge on any atom is 0.0949 e. The molecule has 2 heteroatoms. The molecule has 1 aromatic carbocycles. The summed E-state index contributed by atoms with van der Waals surface area (Å²) in [6.07, 6.45) is 5.63. The van der Waals surface area contributed by atoms with Crippen molar-refractivity contribution >= 4 is 0 Å². The molecule has 1 aromatic rings. The summed E-state index contributed by atoms with van der Waals surface area (Å²) in [5.74, 6) is 0.923. The van der Waals surface area contributed by atoms with Crippen molar-refractivity contribution in [3.63, 3.8) is 0 Å². The summed E-state index contributed by atoms with van der Waals surface area (Å²) in [6.45, 7) is 8.28. The lowest BCUT2D eigenvalue weighted by atomic mass is 9.83. The molecule has 1 fully saturated rings. The Morgan fingerprint density at radius 3 is 2.45 bits per heavy atom. The van der Waals surface area contributed by atoms with Gasteiger partial charge in [0, 0.05) is 19.2 Å². The van der Waals surface area contributed by atoms with Gasteiger partial charge in [0.05, 0.1) is 6.10 Å². The van der Waals surface area contributed by atoms with Gasteiger partial charge >= 0.3 is 0 Å². The molecule has 1 N–H and O–H groups in total. The molecule has 0 amide bonds. The molecule has 0 saturated heterocycles. The highest BCUT2D eigenvalue weighted by Gasteiger charge is 2.18. The number of rotatable bonds is 8. The highest BCUT2D eigenvalue weighted by atomic mass is 16.5. The molecule has 0 aromatic heterocycles. The standard InChI is InChI=1S/C18H29NO/c1-14(2)19-13-18(17-9-7-15(3)8-10-17)20-12-11-16-5-4-6-16/h7-10,14,16,18-19H,4-6,11-13H2,1-3H3. The molecule has 0 aliphatic heterocycles. The van der Waals surface area contributed by atoms with Gasteiger partial charge < -0.3 is 10.1 Å². The molecular weight excluding hydrogens is 246 g/mol. The van der Waals surface area contributed by atoms with Crippen LogP contribution in [0.25, 0.3) is 0 Å². The Hall–Kier alpha value is -0.860. The predicted octanol–water partition coefficient (Wildman–Crippen LogP) is 4.24. The van der Waals surface area contributed by atoms with E-state index in [4.69, 9.17) is 4.74 Å². The van der Waals surface area contributed by atoms with Crippen molar-refractivity contribution in [3.05, 3.63) is 35.4 Å². The van der Waals surface area contributed by atoms with Crippen LogP contribution >= 0.6 is 0 Å². The van der Waals surface area contributed by atoms with E-state index in [2.05, 4.69) is 50.4 Å². The van der Waals surface area contributed by atoms with Gasteiger partial charge in [0.1, 0.15) is 0 Å². The normalized spacial score (nSPS) is 17.2. The molecule has 2 nitrogen and oxygen atoms in total. The molecule has 2 rings (SSSR count). The van der Waals surface area contributed by atoms with Gasteiger partial charge in [-0.25, -0.2) is 0 Å². The van der Waals surface area contributed by atoms with E-state index in [-0.39, 0.29) is 6.10 Å². The first kappa shape index (κ1) is 15.5. The lowest BCUT2D eigenvalue weighted by Gasteiger charge is -2.27. The molecule has 0 radical (unpaired) electrons. The van der Waals surface area contributed by atoms with E-state index < -0.39 is 0 Å². The molecule has 1 saturated carbocycles. The Kier molecular flexibility index (Phi) is 6.06. The summed E-state index contributed by atoms with van der Waals surface area (Å²) < 4.78 is 6.16. The van der Waals surface area contributed by atoms with E-state index in [1.165, 1.54) is 36.8 Å². The maximum atomic E-state index is 6.16. The molecule has 0 spiro atoms. The number of aryl methyl sites for hydroxylation is 1. The Bertz CT molecular complexity index is 381. The van der Waals surface area contributed by atoms with Crippen LogP contribution in [0.1, 0.15) is 56.8 Å². The molecule has 0 heterocycles. The number of benzene rings is 1. The van der Waals surface area contributed by atoms with Crippen molar-refractivity contribution in [1.82, 2.24) is 5.32 Å². The van der Waals surface area contributed by atoms with Crippen LogP contribution in [0.3, 0.4) is 0 Å². The summed E-state index contributed by atoms with van der Waals surface area (Å²) >= 11 is 0. The van der Waals surface area contributed by atoms with Gasteiger partial charge in [-0.3, -0.25) is 0 Å². The number of hydrogen-bond acceptors (Lipinski definition) is 2. The van der Waals surface area contributed by atoms with Crippen LogP contribution < -0.4 is 5.32 Å². The number of ether oxygens (including phenoxy) is 1. The molecule has 1 unspecified atom stereocenters. The smallest absolute Gasteiger partial charge is 0.0949 e. The van der Waals surface area contributed by atoms with Crippen LogP contribution in [0.5, 0.6) is 0 Å². The van der Waals surface area contributed by atoms with Crippen molar-refractivity contribution < 1.29 is 4.74 Å². The van der Waals surface area contributed by atoms with E-state index in [0.29, 0.717) is 6.04 Å². The summed E-state index contributed by atoms with van der Waals surface area (Å²) in [5, 5.41) is 3.50. The minimum absolute atomic E-state index is 0.179. The largest absolute Gasteiger partial charge is 0.372 e. The fraction of sp³-hybridized carbons (Fsp3) is 0.667. The van der Waals surface area contributed by atoms with Crippen molar-refractivity contribution in [1.29, 1.82) is 0 Å². The van der Waals surface area contributed by atoms with Crippen molar-refractivity contribution in [2.24, 2.45) is 5.92 Å². The summed E-state index contributed by atoms with van der Waals surface area (Å²) in [5.41, 5.74) is 2.59. The second-order valence-electron chi connectivity index (χ2n) is 6.42. The Balaban J connectivity index is 1.86. The number of nitrogens with one attached hydrogen (secondary N) is 1. The van der Waals surface area contributed by atoms with Crippen LogP contribution in [0.15, 0.2) is 24.3 Å². The van der Waals surface area contributed by atoms with Crippen LogP contribution in [0.2, 0.25) is 0 Å². The molecule has 1 aliphatic carbocycles. The van der Waals surface area contributed by atoms with Crippen molar-refractivity contribution in [2.75, 3.05) is 13.2 Å². The summed E-state index contributed by atoms with van der Waals surface area (Å²) in [6, 6.07) is 9.25. The molecule has 1 atom stereocenters.